The third kappa shape index (κ3) is 4.83. The summed E-state index contributed by atoms with van der Waals surface area (Å²) in [5.74, 6) is -0.209. The van der Waals surface area contributed by atoms with E-state index in [1.807, 2.05) is 27.7 Å². The second kappa shape index (κ2) is 9.14. The molecule has 0 spiro atoms. The van der Waals surface area contributed by atoms with E-state index in [9.17, 15) is 10.2 Å². The number of hydrogen-bond acceptors (Lipinski definition) is 7. The van der Waals surface area contributed by atoms with Crippen molar-refractivity contribution in [2.75, 3.05) is 19.8 Å². The van der Waals surface area contributed by atoms with Crippen LogP contribution in [0.15, 0.2) is 5.11 Å². The standard InChI is InChI=1S/C16H29N3O6/c1-8-7-23-16(13(21)12(8)20)25-14-9(2)11(4)24-15(10(14)3)22-6-5-18-19-17/h8-16,20-21H,5-7H2,1-4H3/t8-,9-,10?,11?,12+,13?,14+,15-,16-/m1/s1. The van der Waals surface area contributed by atoms with E-state index in [4.69, 9.17) is 24.5 Å². The lowest BCUT2D eigenvalue weighted by Gasteiger charge is -2.46. The lowest BCUT2D eigenvalue weighted by Crippen LogP contribution is -2.56. The minimum atomic E-state index is -1.09. The Hall–Kier alpha value is -0.930. The van der Waals surface area contributed by atoms with Crippen LogP contribution in [0.4, 0.5) is 0 Å². The molecule has 9 heteroatoms. The Labute approximate surface area is 147 Å². The molecule has 25 heavy (non-hydrogen) atoms. The molecule has 144 valence electrons. The molecule has 0 radical (unpaired) electrons. The van der Waals surface area contributed by atoms with Crippen molar-refractivity contribution in [3.05, 3.63) is 10.4 Å². The highest BCUT2D eigenvalue weighted by Crippen LogP contribution is 2.35. The summed E-state index contributed by atoms with van der Waals surface area (Å²) >= 11 is 0. The van der Waals surface area contributed by atoms with Gasteiger partial charge in [0, 0.05) is 29.2 Å². The summed E-state index contributed by atoms with van der Waals surface area (Å²) in [5, 5.41) is 23.7. The van der Waals surface area contributed by atoms with Crippen LogP contribution in [-0.2, 0) is 18.9 Å². The van der Waals surface area contributed by atoms with E-state index in [1.54, 1.807) is 0 Å². The molecule has 0 aliphatic carbocycles. The van der Waals surface area contributed by atoms with Crippen molar-refractivity contribution in [1.82, 2.24) is 0 Å². The van der Waals surface area contributed by atoms with Gasteiger partial charge in [-0.15, -0.1) is 0 Å². The van der Waals surface area contributed by atoms with Gasteiger partial charge in [-0.25, -0.2) is 0 Å². The summed E-state index contributed by atoms with van der Waals surface area (Å²) < 4.78 is 23.2. The summed E-state index contributed by atoms with van der Waals surface area (Å²) in [4.78, 5) is 2.69. The molecule has 2 heterocycles. The van der Waals surface area contributed by atoms with E-state index in [0.717, 1.165) is 0 Å². The quantitative estimate of drug-likeness (QED) is 0.320. The summed E-state index contributed by atoms with van der Waals surface area (Å²) in [5.41, 5.74) is 8.31. The third-order valence-electron chi connectivity index (χ3n) is 5.12. The largest absolute Gasteiger partial charge is 0.390 e. The minimum Gasteiger partial charge on any atom is -0.390 e. The lowest BCUT2D eigenvalue weighted by atomic mass is 9.86. The van der Waals surface area contributed by atoms with Gasteiger partial charge in [-0.2, -0.15) is 0 Å². The van der Waals surface area contributed by atoms with Crippen LogP contribution in [-0.4, -0.2) is 67.0 Å². The minimum absolute atomic E-state index is 0.0549. The second-order valence-electron chi connectivity index (χ2n) is 7.01. The molecular formula is C16H29N3O6. The molecule has 2 saturated heterocycles. The molecule has 2 aliphatic rings. The molecule has 0 bridgehead atoms. The van der Waals surface area contributed by atoms with Gasteiger partial charge in [-0.3, -0.25) is 0 Å². The van der Waals surface area contributed by atoms with Gasteiger partial charge in [-0.1, -0.05) is 25.9 Å². The first kappa shape index (κ1) is 20.4. The Bertz CT molecular complexity index is 475. The molecule has 0 aromatic carbocycles. The highest BCUT2D eigenvalue weighted by Gasteiger charge is 2.45. The Morgan fingerprint density at radius 1 is 1.12 bits per heavy atom. The van der Waals surface area contributed by atoms with Gasteiger partial charge in [0.25, 0.3) is 0 Å². The zero-order chi connectivity index (χ0) is 18.6. The fraction of sp³-hybridized carbons (Fsp3) is 1.00. The Kier molecular flexibility index (Phi) is 7.45. The van der Waals surface area contributed by atoms with Crippen LogP contribution in [0, 0.1) is 17.8 Å². The molecule has 0 aromatic heterocycles. The molecule has 0 amide bonds. The number of hydrogen-bond donors (Lipinski definition) is 2. The van der Waals surface area contributed by atoms with Gasteiger partial charge in [0.1, 0.15) is 6.10 Å². The number of rotatable bonds is 6. The highest BCUT2D eigenvalue weighted by atomic mass is 16.7. The average Bonchev–Trinajstić information content (AvgIpc) is 2.59. The van der Waals surface area contributed by atoms with Crippen molar-refractivity contribution in [1.29, 1.82) is 0 Å². The van der Waals surface area contributed by atoms with E-state index < -0.39 is 24.8 Å². The summed E-state index contributed by atoms with van der Waals surface area (Å²) in [6, 6.07) is 0. The fourth-order valence-corrected chi connectivity index (χ4v) is 3.27. The molecule has 9 atom stereocenters. The van der Waals surface area contributed by atoms with Gasteiger partial charge < -0.3 is 29.2 Å². The molecule has 0 aromatic rings. The van der Waals surface area contributed by atoms with Gasteiger partial charge in [0.15, 0.2) is 12.6 Å². The lowest BCUT2D eigenvalue weighted by molar-refractivity contribution is -0.321. The van der Waals surface area contributed by atoms with E-state index in [1.165, 1.54) is 0 Å². The number of nitrogens with zero attached hydrogens (tertiary/aromatic N) is 3. The summed E-state index contributed by atoms with van der Waals surface area (Å²) in [6.45, 7) is 8.52. The number of aliphatic hydroxyl groups is 2. The third-order valence-corrected chi connectivity index (χ3v) is 5.12. The Morgan fingerprint density at radius 3 is 2.52 bits per heavy atom. The van der Waals surface area contributed by atoms with Crippen molar-refractivity contribution in [3.63, 3.8) is 0 Å². The molecule has 2 aliphatic heterocycles. The zero-order valence-electron chi connectivity index (χ0n) is 15.2. The number of azide groups is 1. The Morgan fingerprint density at radius 2 is 1.84 bits per heavy atom. The summed E-state index contributed by atoms with van der Waals surface area (Å²) in [6.07, 6.45) is -3.74. The SMILES string of the molecule is CC1O[C@@H](OCCN=[N+]=[N-])C(C)[C@@H](O[C@H]2OC[C@@H](C)[C@H](O)C2O)[C@@H]1C. The normalized spacial score (nSPS) is 45.0. The van der Waals surface area contributed by atoms with Crippen molar-refractivity contribution in [2.45, 2.75) is 64.7 Å². The number of ether oxygens (including phenoxy) is 4. The van der Waals surface area contributed by atoms with Crippen molar-refractivity contribution < 1.29 is 29.2 Å². The monoisotopic (exact) mass is 359 g/mol. The predicted octanol–water partition coefficient (Wildman–Crippen LogP) is 1.43. The molecule has 2 N–H and O–H groups in total. The fourth-order valence-electron chi connectivity index (χ4n) is 3.27. The van der Waals surface area contributed by atoms with E-state index in [2.05, 4.69) is 10.0 Å². The molecule has 0 saturated carbocycles. The average molecular weight is 359 g/mol. The first-order chi connectivity index (χ1) is 11.9. The first-order valence-electron chi connectivity index (χ1n) is 8.78. The van der Waals surface area contributed by atoms with Crippen LogP contribution in [0.2, 0.25) is 0 Å². The van der Waals surface area contributed by atoms with Crippen molar-refractivity contribution in [2.24, 2.45) is 22.9 Å². The van der Waals surface area contributed by atoms with Crippen LogP contribution >= 0.6 is 0 Å². The van der Waals surface area contributed by atoms with E-state index in [-0.39, 0.29) is 43.1 Å². The van der Waals surface area contributed by atoms with Crippen molar-refractivity contribution in [3.8, 4) is 0 Å². The van der Waals surface area contributed by atoms with Gasteiger partial charge in [0.2, 0.25) is 0 Å². The molecule has 3 unspecified atom stereocenters. The Balaban J connectivity index is 2.00. The van der Waals surface area contributed by atoms with Crippen LogP contribution < -0.4 is 0 Å². The van der Waals surface area contributed by atoms with Crippen LogP contribution in [0.25, 0.3) is 10.4 Å². The van der Waals surface area contributed by atoms with Gasteiger partial charge in [-0.05, 0) is 12.5 Å². The van der Waals surface area contributed by atoms with E-state index >= 15 is 0 Å². The van der Waals surface area contributed by atoms with Crippen LogP contribution in [0.3, 0.4) is 0 Å². The second-order valence-corrected chi connectivity index (χ2v) is 7.01. The maximum atomic E-state index is 10.2. The smallest absolute Gasteiger partial charge is 0.186 e. The molecule has 2 rings (SSSR count). The summed E-state index contributed by atoms with van der Waals surface area (Å²) in [7, 11) is 0. The molecule has 2 fully saturated rings. The highest BCUT2D eigenvalue weighted by molar-refractivity contribution is 4.87. The maximum Gasteiger partial charge on any atom is 0.186 e. The van der Waals surface area contributed by atoms with Gasteiger partial charge in [0.05, 0.1) is 31.5 Å². The van der Waals surface area contributed by atoms with Crippen LogP contribution in [0.5, 0.6) is 0 Å². The van der Waals surface area contributed by atoms with Crippen molar-refractivity contribution >= 4 is 0 Å². The topological polar surface area (TPSA) is 126 Å². The number of aliphatic hydroxyl groups excluding tert-OH is 2. The predicted molar refractivity (Wildman–Crippen MR) is 88.4 cm³/mol. The molecular weight excluding hydrogens is 330 g/mol. The molecule has 9 nitrogen and oxygen atoms in total. The maximum absolute atomic E-state index is 10.2. The van der Waals surface area contributed by atoms with Gasteiger partial charge >= 0.3 is 0 Å². The van der Waals surface area contributed by atoms with Crippen LogP contribution in [0.1, 0.15) is 27.7 Å². The van der Waals surface area contributed by atoms with E-state index in [0.29, 0.717) is 6.61 Å². The zero-order valence-corrected chi connectivity index (χ0v) is 15.2. The first-order valence-corrected chi connectivity index (χ1v) is 8.78.